The number of hydrogen-bond acceptors (Lipinski definition) is 16. The summed E-state index contributed by atoms with van der Waals surface area (Å²) >= 11 is 2.70. The molecule has 4 rings (SSSR count). The fourth-order valence-electron chi connectivity index (χ4n) is 8.61. The predicted molar refractivity (Wildman–Crippen MR) is 322 cm³/mol. The van der Waals surface area contributed by atoms with Gasteiger partial charge in [-0.15, -0.1) is 23.5 Å². The van der Waals surface area contributed by atoms with E-state index < -0.39 is 65.5 Å². The van der Waals surface area contributed by atoms with Crippen molar-refractivity contribution >= 4 is 93.4 Å². The summed E-state index contributed by atoms with van der Waals surface area (Å²) in [5, 5.41) is 19.8. The fourth-order valence-corrected chi connectivity index (χ4v) is 9.81. The van der Waals surface area contributed by atoms with E-state index in [1.165, 1.54) is 81.1 Å². The molecule has 0 unspecified atom stereocenters. The average molecular weight is 1160 g/mol. The summed E-state index contributed by atoms with van der Waals surface area (Å²) in [6.07, 6.45) is 10.7. The second kappa shape index (κ2) is 35.0. The molecule has 4 atom stereocenters. The number of ether oxygens (including phenoxy) is 2. The quantitative estimate of drug-likeness (QED) is 0.0128. The number of amides is 7. The van der Waals surface area contributed by atoms with Gasteiger partial charge < -0.3 is 69.6 Å². The van der Waals surface area contributed by atoms with Gasteiger partial charge in [-0.1, -0.05) is 26.2 Å². The third-order valence-electron chi connectivity index (χ3n) is 13.1. The van der Waals surface area contributed by atoms with Gasteiger partial charge in [-0.25, -0.2) is 0 Å². The van der Waals surface area contributed by atoms with Gasteiger partial charge in [-0.2, -0.15) is 0 Å². The number of Topliss-reactive ketones (excluding diaryl/α,β-unsaturated/α-hetero) is 1. The summed E-state index contributed by atoms with van der Waals surface area (Å²) in [6, 6.07) is 14.8. The van der Waals surface area contributed by atoms with Crippen molar-refractivity contribution in [2.24, 2.45) is 22.9 Å². The number of carbonyl (C=O) groups excluding carboxylic acids is 8. The van der Waals surface area contributed by atoms with Crippen LogP contribution in [0.4, 0.5) is 22.7 Å². The van der Waals surface area contributed by atoms with E-state index in [2.05, 4.69) is 44.1 Å². The number of hydrogen-bond donors (Lipinski definition) is 11. The van der Waals surface area contributed by atoms with E-state index in [-0.39, 0.29) is 64.6 Å². The molecule has 15 N–H and O–H groups in total. The molecule has 0 saturated carbocycles. The number of methoxy groups -OCH3 is 2. The lowest BCUT2D eigenvalue weighted by Crippen LogP contribution is -2.44. The van der Waals surface area contributed by atoms with Gasteiger partial charge in [0.2, 0.25) is 23.6 Å². The first-order chi connectivity index (χ1) is 38.9. The van der Waals surface area contributed by atoms with E-state index in [4.69, 9.17) is 32.4 Å². The van der Waals surface area contributed by atoms with Crippen LogP contribution in [0.2, 0.25) is 0 Å². The molecule has 0 spiro atoms. The Morgan fingerprint density at radius 1 is 0.457 bits per heavy atom. The number of benzene rings is 4. The first kappa shape index (κ1) is 66.5. The smallest absolute Gasteiger partial charge is 0.255 e. The summed E-state index contributed by atoms with van der Waals surface area (Å²) in [4.78, 5) is 111. The number of nitrogens with one attached hydrogen (secondary N) is 7. The molecule has 81 heavy (non-hydrogen) atoms. The summed E-state index contributed by atoms with van der Waals surface area (Å²) in [5.41, 5.74) is 25.3. The van der Waals surface area contributed by atoms with Gasteiger partial charge >= 0.3 is 0 Å². The van der Waals surface area contributed by atoms with Crippen molar-refractivity contribution in [1.82, 2.24) is 16.0 Å². The number of carbonyl (C=O) groups is 8. The van der Waals surface area contributed by atoms with Gasteiger partial charge in [0.25, 0.3) is 17.7 Å². The Bertz CT molecular complexity index is 2800. The highest BCUT2D eigenvalue weighted by atomic mass is 32.2. The molecule has 0 aromatic heterocycles. The molecule has 0 fully saturated rings. The van der Waals surface area contributed by atoms with Crippen molar-refractivity contribution in [1.29, 1.82) is 0 Å². The minimum absolute atomic E-state index is 0.0195. The number of unbranched alkanes of at least 4 members (excludes halogenated alkanes) is 5. The van der Waals surface area contributed by atoms with Crippen LogP contribution < -0.4 is 69.6 Å². The number of rotatable bonds is 35. The first-order valence-corrected chi connectivity index (χ1v) is 29.7. The van der Waals surface area contributed by atoms with Crippen LogP contribution in [-0.2, 0) is 19.2 Å². The van der Waals surface area contributed by atoms with E-state index in [1.54, 1.807) is 42.7 Å². The third kappa shape index (κ3) is 20.8. The highest BCUT2D eigenvalue weighted by Crippen LogP contribution is 2.29. The standard InChI is InChI=1S/C58H81N11O10S2/c1-7-8-9-16-44(62)55(74)63-36-20-24-48(78-3)41(32-36)52(71)67-45(17-10-13-28-59)56(75)64-37-21-25-49(79-4)42(33-37)53(72)68-46(18-11-14-29-60)57(76)66-39-23-27-51(81-6)43(34-39)54(73)69-47(19-12-15-30-61)58(77)65-38-22-26-50(80-5)40(31-38)35(2)70/h20-27,31-34,44-47H,7-19,28-30,59-62H2,1-6H3,(H,63,74)(H,64,75)(H,65,77)(H,66,76)(H,67,71)(H,68,72)(H,69,73)/t44-,45-,46-,47-/m0/s1. The van der Waals surface area contributed by atoms with Gasteiger partial charge in [0, 0.05) is 38.1 Å². The van der Waals surface area contributed by atoms with Crippen LogP contribution in [0.3, 0.4) is 0 Å². The van der Waals surface area contributed by atoms with E-state index in [9.17, 15) is 38.4 Å². The molecule has 0 aliphatic rings. The number of thioether (sulfide) groups is 2. The fraction of sp³-hybridized carbons (Fsp3) is 0.448. The maximum atomic E-state index is 14.3. The predicted octanol–water partition coefficient (Wildman–Crippen LogP) is 6.79. The van der Waals surface area contributed by atoms with Gasteiger partial charge in [0.05, 0.1) is 37.0 Å². The Balaban J connectivity index is 1.55. The van der Waals surface area contributed by atoms with Crippen LogP contribution in [0.15, 0.2) is 82.6 Å². The lowest BCUT2D eigenvalue weighted by Gasteiger charge is -2.22. The maximum Gasteiger partial charge on any atom is 0.255 e. The second-order valence-electron chi connectivity index (χ2n) is 19.2. The number of ketones is 1. The zero-order valence-electron chi connectivity index (χ0n) is 47.3. The highest BCUT2D eigenvalue weighted by Gasteiger charge is 2.28. The van der Waals surface area contributed by atoms with Crippen molar-refractivity contribution in [3.8, 4) is 11.5 Å². The Hall–Kier alpha value is -7.02. The van der Waals surface area contributed by atoms with Gasteiger partial charge in [0.15, 0.2) is 5.78 Å². The highest BCUT2D eigenvalue weighted by molar-refractivity contribution is 7.99. The topological polar surface area (TPSA) is 343 Å². The molecule has 4 aromatic carbocycles. The molecule has 0 aliphatic carbocycles. The second-order valence-corrected chi connectivity index (χ2v) is 20.9. The van der Waals surface area contributed by atoms with Crippen molar-refractivity contribution in [3.63, 3.8) is 0 Å². The Labute approximate surface area is 483 Å². The van der Waals surface area contributed by atoms with E-state index >= 15 is 0 Å². The van der Waals surface area contributed by atoms with E-state index in [0.717, 1.165) is 24.2 Å². The molecular formula is C58H81N11O10S2. The normalized spacial score (nSPS) is 12.4. The van der Waals surface area contributed by atoms with Gasteiger partial charge in [0.1, 0.15) is 29.6 Å². The van der Waals surface area contributed by atoms with Crippen LogP contribution >= 0.6 is 23.5 Å². The molecule has 23 heteroatoms. The third-order valence-corrected chi connectivity index (χ3v) is 14.7. The molecule has 0 radical (unpaired) electrons. The molecule has 0 saturated heterocycles. The molecule has 0 bridgehead atoms. The van der Waals surface area contributed by atoms with E-state index in [1.807, 2.05) is 6.26 Å². The molecule has 7 amide bonds. The van der Waals surface area contributed by atoms with Gasteiger partial charge in [-0.3, -0.25) is 38.4 Å². The molecule has 0 aliphatic heterocycles. The Morgan fingerprint density at radius 3 is 1.15 bits per heavy atom. The van der Waals surface area contributed by atoms with Crippen LogP contribution in [0, 0.1) is 0 Å². The number of nitrogens with two attached hydrogens (primary N) is 4. The summed E-state index contributed by atoms with van der Waals surface area (Å²) in [5.74, 6) is -3.87. The van der Waals surface area contributed by atoms with Crippen LogP contribution in [-0.4, -0.2) is 118 Å². The van der Waals surface area contributed by atoms with Gasteiger partial charge in [-0.05, 0) is 176 Å². The lowest BCUT2D eigenvalue weighted by atomic mass is 10.1. The molecule has 21 nitrogen and oxygen atoms in total. The molecule has 0 heterocycles. The average Bonchev–Trinajstić information content (AvgIpc) is 3.46. The largest absolute Gasteiger partial charge is 0.496 e. The zero-order valence-corrected chi connectivity index (χ0v) is 48.9. The van der Waals surface area contributed by atoms with Crippen LogP contribution in [0.25, 0.3) is 0 Å². The first-order valence-electron chi connectivity index (χ1n) is 27.2. The minimum atomic E-state index is -1.12. The van der Waals surface area contributed by atoms with Crippen LogP contribution in [0.5, 0.6) is 11.5 Å². The van der Waals surface area contributed by atoms with Crippen LogP contribution in [0.1, 0.15) is 139 Å². The molecule has 440 valence electrons. The monoisotopic (exact) mass is 1160 g/mol. The van der Waals surface area contributed by atoms with E-state index in [0.29, 0.717) is 86.4 Å². The Kier molecular flexibility index (Phi) is 28.7. The van der Waals surface area contributed by atoms with Crippen molar-refractivity contribution in [3.05, 3.63) is 95.1 Å². The summed E-state index contributed by atoms with van der Waals surface area (Å²) in [7, 11) is 2.76. The minimum Gasteiger partial charge on any atom is -0.496 e. The molecule has 4 aromatic rings. The van der Waals surface area contributed by atoms with Crippen molar-refractivity contribution < 1.29 is 47.8 Å². The maximum absolute atomic E-state index is 14.3. The zero-order chi connectivity index (χ0) is 59.4. The summed E-state index contributed by atoms with van der Waals surface area (Å²) in [6.45, 7) is 4.58. The molecular weight excluding hydrogens is 1070 g/mol. The SMILES string of the molecule is CCCCC[C@H](N)C(=O)Nc1ccc(OC)c(C(=O)N[C@@H](CCCCN)C(=O)Nc2ccc(OC)c(C(=O)N[C@@H](CCCCN)C(=O)Nc3ccc(SC)c(C(=O)N[C@@H](CCCCN)C(=O)Nc4ccc(SC)c(C(C)=O)c4)c3)c2)c1. The lowest BCUT2D eigenvalue weighted by molar-refractivity contribution is -0.118. The van der Waals surface area contributed by atoms with Crippen molar-refractivity contribution in [2.75, 3.05) is 67.6 Å². The van der Waals surface area contributed by atoms with Crippen molar-refractivity contribution in [2.45, 2.75) is 131 Å². The summed E-state index contributed by atoms with van der Waals surface area (Å²) < 4.78 is 11.0. The Morgan fingerprint density at radius 2 is 0.790 bits per heavy atom. The number of anilines is 4.